The van der Waals surface area contributed by atoms with E-state index < -0.39 is 0 Å². The first-order chi connectivity index (χ1) is 10.1. The van der Waals surface area contributed by atoms with Crippen LogP contribution >= 0.6 is 11.8 Å². The van der Waals surface area contributed by atoms with E-state index in [1.807, 2.05) is 12.1 Å². The highest BCUT2D eigenvalue weighted by Gasteiger charge is 2.12. The molecule has 0 bridgehead atoms. The number of amides is 1. The van der Waals surface area contributed by atoms with Gasteiger partial charge < -0.3 is 5.32 Å². The molecule has 0 aliphatic carbocycles. The van der Waals surface area contributed by atoms with Crippen LogP contribution in [0.15, 0.2) is 47.4 Å². The maximum Gasteiger partial charge on any atom is 0.256 e. The summed E-state index contributed by atoms with van der Waals surface area (Å²) in [5.41, 5.74) is 1.40. The largest absolute Gasteiger partial charge is 0.322 e. The summed E-state index contributed by atoms with van der Waals surface area (Å²) in [6, 6.07) is 13.6. The first-order valence-electron chi connectivity index (χ1n) is 6.28. The lowest BCUT2D eigenvalue weighted by Gasteiger charge is -2.09. The molecule has 0 aromatic heterocycles. The van der Waals surface area contributed by atoms with E-state index in [0.717, 1.165) is 4.90 Å². The van der Waals surface area contributed by atoms with Crippen LogP contribution in [0.4, 0.5) is 10.1 Å². The van der Waals surface area contributed by atoms with Gasteiger partial charge in [0.2, 0.25) is 0 Å². The first-order valence-corrected chi connectivity index (χ1v) is 7.26. The van der Waals surface area contributed by atoms with E-state index in [0.29, 0.717) is 16.8 Å². The van der Waals surface area contributed by atoms with Gasteiger partial charge in [-0.25, -0.2) is 4.39 Å². The van der Waals surface area contributed by atoms with Crippen molar-refractivity contribution in [3.8, 4) is 6.07 Å². The van der Waals surface area contributed by atoms with Crippen molar-refractivity contribution in [3.05, 3.63) is 59.4 Å². The quantitative estimate of drug-likeness (QED) is 0.868. The molecule has 0 fully saturated rings. The molecule has 3 nitrogen and oxygen atoms in total. The summed E-state index contributed by atoms with van der Waals surface area (Å²) in [5.74, 6) is -0.414. The van der Waals surface area contributed by atoms with E-state index in [1.54, 1.807) is 37.3 Å². The van der Waals surface area contributed by atoms with Crippen molar-refractivity contribution in [3.63, 3.8) is 0 Å². The number of halogens is 1. The Hall–Kier alpha value is -2.32. The molecule has 0 unspecified atom stereocenters. The number of carbonyl (C=O) groups excluding carboxylic acids is 1. The Labute approximate surface area is 126 Å². The van der Waals surface area contributed by atoms with Gasteiger partial charge in [0.25, 0.3) is 5.91 Å². The third kappa shape index (κ3) is 3.83. The third-order valence-electron chi connectivity index (χ3n) is 2.85. The summed E-state index contributed by atoms with van der Waals surface area (Å²) >= 11 is 1.30. The van der Waals surface area contributed by atoms with Gasteiger partial charge in [-0.1, -0.05) is 18.2 Å². The molecule has 1 amide bonds. The normalized spacial score (nSPS) is 9.95. The average molecular weight is 300 g/mol. The lowest BCUT2D eigenvalue weighted by molar-refractivity contribution is 0.102. The lowest BCUT2D eigenvalue weighted by atomic mass is 10.2. The minimum Gasteiger partial charge on any atom is -0.322 e. The smallest absolute Gasteiger partial charge is 0.256 e. The minimum atomic E-state index is -0.361. The number of nitrogens with one attached hydrogen (secondary N) is 1. The number of anilines is 1. The molecular weight excluding hydrogens is 287 g/mol. The van der Waals surface area contributed by atoms with Crippen LogP contribution in [0.2, 0.25) is 0 Å². The number of hydrogen-bond donors (Lipinski definition) is 1. The number of rotatable bonds is 4. The Morgan fingerprint density at radius 3 is 2.81 bits per heavy atom. The SMILES string of the molecule is Cc1ccc(NC(=O)c2ccccc2SCC#N)cc1F. The van der Waals surface area contributed by atoms with Gasteiger partial charge in [-0.2, -0.15) is 5.26 Å². The summed E-state index contributed by atoms with van der Waals surface area (Å²) in [4.78, 5) is 13.0. The molecule has 0 atom stereocenters. The van der Waals surface area contributed by atoms with Gasteiger partial charge in [-0.05, 0) is 36.8 Å². The van der Waals surface area contributed by atoms with E-state index in [4.69, 9.17) is 5.26 Å². The number of benzene rings is 2. The zero-order valence-corrected chi connectivity index (χ0v) is 12.2. The second kappa shape index (κ2) is 6.91. The Kier molecular flexibility index (Phi) is 4.96. The lowest BCUT2D eigenvalue weighted by Crippen LogP contribution is -2.13. The van der Waals surface area contributed by atoms with Gasteiger partial charge in [-0.3, -0.25) is 4.79 Å². The highest BCUT2D eigenvalue weighted by Crippen LogP contribution is 2.23. The van der Waals surface area contributed by atoms with Crippen LogP contribution in [0, 0.1) is 24.1 Å². The Morgan fingerprint density at radius 2 is 2.10 bits per heavy atom. The third-order valence-corrected chi connectivity index (χ3v) is 3.79. The molecule has 1 N–H and O–H groups in total. The molecular formula is C16H13FN2OS. The predicted octanol–water partition coefficient (Wildman–Crippen LogP) is 4.00. The number of aryl methyl sites for hydroxylation is 1. The number of thioether (sulfide) groups is 1. The number of hydrogen-bond acceptors (Lipinski definition) is 3. The monoisotopic (exact) mass is 300 g/mol. The second-order valence-corrected chi connectivity index (χ2v) is 5.38. The molecule has 0 heterocycles. The maximum absolute atomic E-state index is 13.5. The molecule has 0 saturated heterocycles. The van der Waals surface area contributed by atoms with E-state index in [2.05, 4.69) is 5.32 Å². The first kappa shape index (κ1) is 15.1. The summed E-state index contributed by atoms with van der Waals surface area (Å²) in [7, 11) is 0. The molecule has 106 valence electrons. The van der Waals surface area contributed by atoms with Crippen LogP contribution in [0.1, 0.15) is 15.9 Å². The Bertz CT molecular complexity index is 710. The van der Waals surface area contributed by atoms with Gasteiger partial charge in [-0.15, -0.1) is 11.8 Å². The molecule has 0 saturated carbocycles. The van der Waals surface area contributed by atoms with E-state index in [-0.39, 0.29) is 17.5 Å². The molecule has 0 radical (unpaired) electrons. The highest BCUT2D eigenvalue weighted by molar-refractivity contribution is 7.99. The molecule has 5 heteroatoms. The topological polar surface area (TPSA) is 52.9 Å². The van der Waals surface area contributed by atoms with Gasteiger partial charge in [0.1, 0.15) is 5.82 Å². The Morgan fingerprint density at radius 1 is 1.33 bits per heavy atom. The number of nitrogens with zero attached hydrogens (tertiary/aromatic N) is 1. The van der Waals surface area contributed by atoms with Crippen molar-refractivity contribution in [2.24, 2.45) is 0 Å². The number of carbonyl (C=O) groups is 1. The van der Waals surface area contributed by atoms with E-state index in [9.17, 15) is 9.18 Å². The Balaban J connectivity index is 2.20. The van der Waals surface area contributed by atoms with Crippen LogP contribution in [0.5, 0.6) is 0 Å². The average Bonchev–Trinajstić information content (AvgIpc) is 2.49. The van der Waals surface area contributed by atoms with Crippen molar-refractivity contribution in [1.82, 2.24) is 0 Å². The van der Waals surface area contributed by atoms with E-state index in [1.165, 1.54) is 17.8 Å². The highest BCUT2D eigenvalue weighted by atomic mass is 32.2. The van der Waals surface area contributed by atoms with Gasteiger partial charge >= 0.3 is 0 Å². The van der Waals surface area contributed by atoms with Crippen LogP contribution in [-0.2, 0) is 0 Å². The van der Waals surface area contributed by atoms with Gasteiger partial charge in [0, 0.05) is 10.6 Å². The number of nitriles is 1. The minimum absolute atomic E-state index is 0.267. The van der Waals surface area contributed by atoms with Crippen LogP contribution in [-0.4, -0.2) is 11.7 Å². The second-order valence-electron chi connectivity index (χ2n) is 4.36. The fraction of sp³-hybridized carbons (Fsp3) is 0.125. The maximum atomic E-state index is 13.5. The summed E-state index contributed by atoms with van der Waals surface area (Å²) in [6.07, 6.45) is 0. The zero-order valence-electron chi connectivity index (χ0n) is 11.4. The van der Waals surface area contributed by atoms with Crippen molar-refractivity contribution < 1.29 is 9.18 Å². The van der Waals surface area contributed by atoms with Gasteiger partial charge in [0.15, 0.2) is 0 Å². The summed E-state index contributed by atoms with van der Waals surface area (Å²) in [5, 5.41) is 11.3. The standard InChI is InChI=1S/C16H13FN2OS/c1-11-6-7-12(10-14(11)17)19-16(20)13-4-2-3-5-15(13)21-9-8-18/h2-7,10H,9H2,1H3,(H,19,20). The zero-order chi connectivity index (χ0) is 15.2. The van der Waals surface area contributed by atoms with Crippen molar-refractivity contribution in [2.75, 3.05) is 11.1 Å². The van der Waals surface area contributed by atoms with Crippen molar-refractivity contribution in [2.45, 2.75) is 11.8 Å². The summed E-state index contributed by atoms with van der Waals surface area (Å²) in [6.45, 7) is 1.66. The molecule has 0 aliphatic rings. The fourth-order valence-electron chi connectivity index (χ4n) is 1.76. The molecule has 21 heavy (non-hydrogen) atoms. The molecule has 0 spiro atoms. The van der Waals surface area contributed by atoms with Crippen molar-refractivity contribution >= 4 is 23.4 Å². The fourth-order valence-corrected chi connectivity index (χ4v) is 2.47. The van der Waals surface area contributed by atoms with Crippen molar-refractivity contribution in [1.29, 1.82) is 5.26 Å². The molecule has 0 aliphatic heterocycles. The molecule has 2 aromatic carbocycles. The van der Waals surface area contributed by atoms with E-state index >= 15 is 0 Å². The van der Waals surface area contributed by atoms with Crippen LogP contribution < -0.4 is 5.32 Å². The molecule has 2 aromatic rings. The predicted molar refractivity (Wildman–Crippen MR) is 81.9 cm³/mol. The van der Waals surface area contributed by atoms with Crippen LogP contribution in [0.25, 0.3) is 0 Å². The van der Waals surface area contributed by atoms with Crippen LogP contribution in [0.3, 0.4) is 0 Å². The van der Waals surface area contributed by atoms with Gasteiger partial charge in [0.05, 0.1) is 17.4 Å². The molecule has 2 rings (SSSR count). The summed E-state index contributed by atoms with van der Waals surface area (Å²) < 4.78 is 13.5.